The monoisotopic (exact) mass is 298 g/mol. The number of fused-ring (bicyclic) bond motifs is 3. The van der Waals surface area contributed by atoms with E-state index in [0.717, 1.165) is 10.8 Å². The molecule has 0 aliphatic rings. The molecule has 1 heterocycles. The van der Waals surface area contributed by atoms with Crippen molar-refractivity contribution >= 4 is 27.5 Å². The molecule has 0 bridgehead atoms. The Morgan fingerprint density at radius 2 is 1.77 bits per heavy atom. The Morgan fingerprint density at radius 1 is 1.05 bits per heavy atom. The molecule has 0 N–H and O–H groups in total. The third-order valence-corrected chi connectivity index (χ3v) is 3.33. The van der Waals surface area contributed by atoms with Gasteiger partial charge in [-0.05, 0) is 37.3 Å². The number of rotatable bonds is 4. The molecule has 0 unspecified atom stereocenters. The van der Waals surface area contributed by atoms with E-state index in [-0.39, 0.29) is 12.4 Å². The second-order valence-electron chi connectivity index (χ2n) is 4.95. The van der Waals surface area contributed by atoms with Gasteiger partial charge in [0.1, 0.15) is 23.7 Å². The molecule has 5 heteroatoms. The van der Waals surface area contributed by atoms with Gasteiger partial charge in [0.2, 0.25) is 0 Å². The molecule has 0 amide bonds. The van der Waals surface area contributed by atoms with Crippen LogP contribution in [0.4, 0.5) is 0 Å². The molecule has 5 nitrogen and oxygen atoms in total. The lowest BCUT2D eigenvalue weighted by molar-refractivity contribution is -0.118. The number of ketones is 1. The van der Waals surface area contributed by atoms with E-state index in [9.17, 15) is 9.59 Å². The summed E-state index contributed by atoms with van der Waals surface area (Å²) in [6, 6.07) is 10.4. The zero-order chi connectivity index (χ0) is 15.7. The highest BCUT2D eigenvalue weighted by atomic mass is 16.5. The first-order valence-electron chi connectivity index (χ1n) is 6.75. The molecular formula is C17H14O5. The van der Waals surface area contributed by atoms with Gasteiger partial charge in [0.05, 0.1) is 12.5 Å². The summed E-state index contributed by atoms with van der Waals surface area (Å²) in [7, 11) is 1.54. The zero-order valence-electron chi connectivity index (χ0n) is 12.2. The molecule has 0 fully saturated rings. The molecule has 2 aromatic carbocycles. The summed E-state index contributed by atoms with van der Waals surface area (Å²) >= 11 is 0. The van der Waals surface area contributed by atoms with E-state index >= 15 is 0 Å². The minimum atomic E-state index is -0.440. The number of hydrogen-bond acceptors (Lipinski definition) is 5. The Bertz CT molecular complexity index is 923. The first kappa shape index (κ1) is 14.1. The summed E-state index contributed by atoms with van der Waals surface area (Å²) in [4.78, 5) is 23.1. The zero-order valence-corrected chi connectivity index (χ0v) is 12.2. The highest BCUT2D eigenvalue weighted by molar-refractivity contribution is 6.04. The summed E-state index contributed by atoms with van der Waals surface area (Å²) in [6.07, 6.45) is 0. The number of methoxy groups -OCH3 is 1. The molecule has 0 saturated heterocycles. The molecule has 0 atom stereocenters. The van der Waals surface area contributed by atoms with Crippen LogP contribution >= 0.6 is 0 Å². The normalized spacial score (nSPS) is 10.8. The fourth-order valence-corrected chi connectivity index (χ4v) is 2.29. The Morgan fingerprint density at radius 3 is 2.50 bits per heavy atom. The van der Waals surface area contributed by atoms with Crippen LogP contribution < -0.4 is 15.1 Å². The number of ether oxygens (including phenoxy) is 2. The minimum absolute atomic E-state index is 0.0134. The maximum atomic E-state index is 12.1. The van der Waals surface area contributed by atoms with E-state index in [1.165, 1.54) is 6.92 Å². The SMILES string of the molecule is COc1ccc2c(c1)c(=O)oc1cc(OCC(C)=O)ccc12. The minimum Gasteiger partial charge on any atom is -0.497 e. The van der Waals surface area contributed by atoms with Crippen LogP contribution in [0.1, 0.15) is 6.92 Å². The maximum absolute atomic E-state index is 12.1. The van der Waals surface area contributed by atoms with Gasteiger partial charge in [-0.3, -0.25) is 4.79 Å². The van der Waals surface area contributed by atoms with Crippen LogP contribution in [0.5, 0.6) is 11.5 Å². The Labute approximate surface area is 126 Å². The Balaban J connectivity index is 2.17. The topological polar surface area (TPSA) is 65.7 Å². The Kier molecular flexibility index (Phi) is 3.55. The van der Waals surface area contributed by atoms with Crippen molar-refractivity contribution in [1.29, 1.82) is 0 Å². The van der Waals surface area contributed by atoms with E-state index in [1.807, 2.05) is 12.1 Å². The van der Waals surface area contributed by atoms with E-state index in [4.69, 9.17) is 13.9 Å². The van der Waals surface area contributed by atoms with E-state index in [1.54, 1.807) is 31.4 Å². The van der Waals surface area contributed by atoms with Crippen LogP contribution in [-0.2, 0) is 4.79 Å². The summed E-state index contributed by atoms with van der Waals surface area (Å²) in [6.45, 7) is 1.43. The van der Waals surface area contributed by atoms with E-state index in [2.05, 4.69) is 0 Å². The van der Waals surface area contributed by atoms with Gasteiger partial charge in [-0.2, -0.15) is 0 Å². The fraction of sp³-hybridized carbons (Fsp3) is 0.176. The largest absolute Gasteiger partial charge is 0.497 e. The van der Waals surface area contributed by atoms with Crippen LogP contribution in [0.2, 0.25) is 0 Å². The van der Waals surface area contributed by atoms with Crippen LogP contribution in [0.15, 0.2) is 45.6 Å². The van der Waals surface area contributed by atoms with Gasteiger partial charge in [-0.15, -0.1) is 0 Å². The molecule has 3 aromatic rings. The smallest absolute Gasteiger partial charge is 0.344 e. The highest BCUT2D eigenvalue weighted by Gasteiger charge is 2.10. The van der Waals surface area contributed by atoms with Crippen molar-refractivity contribution in [3.8, 4) is 11.5 Å². The Hall–Kier alpha value is -2.82. The fourth-order valence-electron chi connectivity index (χ4n) is 2.29. The molecule has 0 aliphatic carbocycles. The molecule has 22 heavy (non-hydrogen) atoms. The first-order chi connectivity index (χ1) is 10.6. The van der Waals surface area contributed by atoms with Crippen molar-refractivity contribution in [2.75, 3.05) is 13.7 Å². The summed E-state index contributed by atoms with van der Waals surface area (Å²) in [5.41, 5.74) is -0.0196. The molecule has 112 valence electrons. The summed E-state index contributed by atoms with van der Waals surface area (Å²) in [5, 5.41) is 2.04. The molecule has 0 spiro atoms. The van der Waals surface area contributed by atoms with Crippen LogP contribution in [0, 0.1) is 0 Å². The average Bonchev–Trinajstić information content (AvgIpc) is 2.52. The van der Waals surface area contributed by atoms with Crippen molar-refractivity contribution < 1.29 is 18.7 Å². The highest BCUT2D eigenvalue weighted by Crippen LogP contribution is 2.28. The molecule has 0 saturated carbocycles. The van der Waals surface area contributed by atoms with E-state index in [0.29, 0.717) is 22.5 Å². The van der Waals surface area contributed by atoms with Gasteiger partial charge in [0.15, 0.2) is 5.78 Å². The third kappa shape index (κ3) is 2.53. The quantitative estimate of drug-likeness (QED) is 0.547. The molecule has 0 radical (unpaired) electrons. The van der Waals surface area contributed by atoms with Gasteiger partial charge in [0.25, 0.3) is 0 Å². The van der Waals surface area contributed by atoms with Crippen molar-refractivity contribution in [2.45, 2.75) is 6.92 Å². The number of Topliss-reactive ketones (excluding diaryl/α,β-unsaturated/α-hetero) is 1. The third-order valence-electron chi connectivity index (χ3n) is 3.33. The van der Waals surface area contributed by atoms with Crippen LogP contribution in [0.25, 0.3) is 21.7 Å². The van der Waals surface area contributed by atoms with Crippen molar-refractivity contribution in [2.24, 2.45) is 0 Å². The number of benzene rings is 2. The predicted molar refractivity (Wildman–Crippen MR) is 82.7 cm³/mol. The van der Waals surface area contributed by atoms with Crippen LogP contribution in [-0.4, -0.2) is 19.5 Å². The van der Waals surface area contributed by atoms with Gasteiger partial charge in [-0.1, -0.05) is 0 Å². The standard InChI is InChI=1S/C17H14O5/c1-10(18)9-21-12-4-6-14-13-5-3-11(20-2)7-15(13)17(19)22-16(14)8-12/h3-8H,9H2,1-2H3. The number of carbonyl (C=O) groups excluding carboxylic acids is 1. The van der Waals surface area contributed by atoms with Crippen molar-refractivity contribution in [3.05, 3.63) is 46.8 Å². The number of hydrogen-bond donors (Lipinski definition) is 0. The lowest BCUT2D eigenvalue weighted by Gasteiger charge is -2.07. The average molecular weight is 298 g/mol. The summed E-state index contributed by atoms with van der Waals surface area (Å²) in [5.74, 6) is 1.01. The molecule has 1 aromatic heterocycles. The summed E-state index contributed by atoms with van der Waals surface area (Å²) < 4.78 is 15.8. The molecule has 0 aliphatic heterocycles. The van der Waals surface area contributed by atoms with E-state index < -0.39 is 5.63 Å². The van der Waals surface area contributed by atoms with Crippen LogP contribution in [0.3, 0.4) is 0 Å². The lowest BCUT2D eigenvalue weighted by Crippen LogP contribution is -2.06. The van der Waals surface area contributed by atoms with Gasteiger partial charge >= 0.3 is 5.63 Å². The first-order valence-corrected chi connectivity index (χ1v) is 6.75. The molecular weight excluding hydrogens is 284 g/mol. The van der Waals surface area contributed by atoms with Gasteiger partial charge in [-0.25, -0.2) is 4.79 Å². The maximum Gasteiger partial charge on any atom is 0.344 e. The second-order valence-corrected chi connectivity index (χ2v) is 4.95. The predicted octanol–water partition coefficient (Wildman–Crippen LogP) is 2.92. The number of carbonyl (C=O) groups is 1. The van der Waals surface area contributed by atoms with Crippen molar-refractivity contribution in [3.63, 3.8) is 0 Å². The second kappa shape index (κ2) is 5.52. The van der Waals surface area contributed by atoms with Gasteiger partial charge < -0.3 is 13.9 Å². The van der Waals surface area contributed by atoms with Gasteiger partial charge in [0, 0.05) is 16.8 Å². The lowest BCUT2D eigenvalue weighted by atomic mass is 10.1. The molecule has 3 rings (SSSR count). The van der Waals surface area contributed by atoms with Crippen molar-refractivity contribution in [1.82, 2.24) is 0 Å².